The molecule has 0 aliphatic rings. The highest BCUT2D eigenvalue weighted by atomic mass is 32.1. The van der Waals surface area contributed by atoms with Crippen molar-refractivity contribution in [3.63, 3.8) is 0 Å². The SMILES string of the molecule is CCCn1cc(C(=O)c2ccccc2O)cc1-c1nc2ccsc2c(=O)[nH]1. The Balaban J connectivity index is 1.84. The molecule has 0 bridgehead atoms. The van der Waals surface area contributed by atoms with Crippen LogP contribution in [-0.4, -0.2) is 25.4 Å². The maximum absolute atomic E-state index is 12.8. The van der Waals surface area contributed by atoms with Crippen LogP contribution in [0, 0.1) is 0 Å². The van der Waals surface area contributed by atoms with Gasteiger partial charge >= 0.3 is 0 Å². The molecule has 0 aliphatic heterocycles. The first-order valence-electron chi connectivity index (χ1n) is 8.59. The van der Waals surface area contributed by atoms with Crippen molar-refractivity contribution < 1.29 is 9.90 Å². The van der Waals surface area contributed by atoms with E-state index in [1.807, 2.05) is 16.9 Å². The summed E-state index contributed by atoms with van der Waals surface area (Å²) in [6.45, 7) is 2.71. The molecule has 4 rings (SSSR count). The molecule has 7 heteroatoms. The van der Waals surface area contributed by atoms with Crippen molar-refractivity contribution >= 4 is 27.3 Å². The van der Waals surface area contributed by atoms with Crippen LogP contribution in [0.5, 0.6) is 5.75 Å². The van der Waals surface area contributed by atoms with Crippen LogP contribution in [0.15, 0.2) is 52.8 Å². The number of aryl methyl sites for hydroxylation is 1. The maximum atomic E-state index is 12.8. The van der Waals surface area contributed by atoms with Gasteiger partial charge < -0.3 is 14.7 Å². The first-order chi connectivity index (χ1) is 13.1. The molecule has 2 N–H and O–H groups in total. The van der Waals surface area contributed by atoms with Gasteiger partial charge in [0.2, 0.25) is 0 Å². The molecule has 0 atom stereocenters. The van der Waals surface area contributed by atoms with Crippen LogP contribution in [-0.2, 0) is 6.54 Å². The summed E-state index contributed by atoms with van der Waals surface area (Å²) < 4.78 is 2.49. The number of fused-ring (bicyclic) bond motifs is 1. The zero-order valence-corrected chi connectivity index (χ0v) is 15.4. The minimum Gasteiger partial charge on any atom is -0.507 e. The van der Waals surface area contributed by atoms with Crippen molar-refractivity contribution in [3.8, 4) is 17.3 Å². The van der Waals surface area contributed by atoms with Crippen molar-refractivity contribution in [3.05, 3.63) is 69.5 Å². The van der Waals surface area contributed by atoms with E-state index in [4.69, 9.17) is 0 Å². The lowest BCUT2D eigenvalue weighted by molar-refractivity contribution is 0.103. The third-order valence-corrected chi connectivity index (χ3v) is 5.23. The lowest BCUT2D eigenvalue weighted by atomic mass is 10.0. The Bertz CT molecular complexity index is 1200. The number of aromatic nitrogens is 3. The van der Waals surface area contributed by atoms with Gasteiger partial charge in [0.05, 0.1) is 16.8 Å². The molecule has 0 fully saturated rings. The summed E-state index contributed by atoms with van der Waals surface area (Å²) in [5, 5.41) is 11.8. The number of thiophene rings is 1. The number of para-hydroxylation sites is 1. The summed E-state index contributed by atoms with van der Waals surface area (Å²) in [4.78, 5) is 32.5. The Labute approximate surface area is 158 Å². The number of phenols is 1. The maximum Gasteiger partial charge on any atom is 0.269 e. The number of nitrogens with one attached hydrogen (secondary N) is 1. The second kappa shape index (κ2) is 6.85. The van der Waals surface area contributed by atoms with Crippen LogP contribution >= 0.6 is 11.3 Å². The van der Waals surface area contributed by atoms with Gasteiger partial charge in [-0.05, 0) is 36.1 Å². The van der Waals surface area contributed by atoms with Crippen LogP contribution in [0.25, 0.3) is 21.7 Å². The molecule has 0 saturated carbocycles. The van der Waals surface area contributed by atoms with Gasteiger partial charge in [-0.3, -0.25) is 9.59 Å². The molecule has 3 heterocycles. The number of hydrogen-bond donors (Lipinski definition) is 2. The highest BCUT2D eigenvalue weighted by molar-refractivity contribution is 7.17. The summed E-state index contributed by atoms with van der Waals surface area (Å²) in [5.41, 5.74) is 1.79. The van der Waals surface area contributed by atoms with Crippen LogP contribution in [0.3, 0.4) is 0 Å². The highest BCUT2D eigenvalue weighted by Crippen LogP contribution is 2.26. The average Bonchev–Trinajstić information content (AvgIpc) is 3.29. The lowest BCUT2D eigenvalue weighted by Crippen LogP contribution is -2.09. The highest BCUT2D eigenvalue weighted by Gasteiger charge is 2.19. The van der Waals surface area contributed by atoms with Crippen molar-refractivity contribution in [2.45, 2.75) is 19.9 Å². The van der Waals surface area contributed by atoms with E-state index in [2.05, 4.69) is 9.97 Å². The molecule has 0 saturated heterocycles. The number of phenolic OH excluding ortho intramolecular Hbond substituents is 1. The van der Waals surface area contributed by atoms with E-state index in [-0.39, 0.29) is 22.7 Å². The van der Waals surface area contributed by atoms with Gasteiger partial charge in [0.1, 0.15) is 10.4 Å². The second-order valence-electron chi connectivity index (χ2n) is 6.20. The van der Waals surface area contributed by atoms with Crippen LogP contribution in [0.4, 0.5) is 0 Å². The Morgan fingerprint density at radius 3 is 2.89 bits per heavy atom. The lowest BCUT2D eigenvalue weighted by Gasteiger charge is -2.06. The number of H-pyrrole nitrogens is 1. The van der Waals surface area contributed by atoms with Gasteiger partial charge in [-0.25, -0.2) is 4.98 Å². The van der Waals surface area contributed by atoms with Gasteiger partial charge in [-0.2, -0.15) is 0 Å². The first-order valence-corrected chi connectivity index (χ1v) is 9.47. The fourth-order valence-corrected chi connectivity index (χ4v) is 3.80. The van der Waals surface area contributed by atoms with E-state index in [9.17, 15) is 14.7 Å². The van der Waals surface area contributed by atoms with Gasteiger partial charge in [-0.15, -0.1) is 11.3 Å². The number of benzene rings is 1. The molecule has 0 radical (unpaired) electrons. The molecule has 136 valence electrons. The zero-order chi connectivity index (χ0) is 19.0. The number of carbonyl (C=O) groups excluding carboxylic acids is 1. The molecule has 3 aromatic heterocycles. The number of nitrogens with zero attached hydrogens (tertiary/aromatic N) is 2. The Morgan fingerprint density at radius 1 is 1.30 bits per heavy atom. The van der Waals surface area contributed by atoms with E-state index in [0.717, 1.165) is 6.42 Å². The van der Waals surface area contributed by atoms with Crippen LogP contribution in [0.2, 0.25) is 0 Å². The standard InChI is InChI=1S/C20H17N3O3S/c1-2-8-23-11-12(17(25)13-5-3-4-6-16(13)24)10-15(23)19-21-14-7-9-27-18(14)20(26)22-19/h3-7,9-11,24H,2,8H2,1H3,(H,21,22,26). The quantitative estimate of drug-likeness (QED) is 0.516. The van der Waals surface area contributed by atoms with Crippen LogP contribution in [0.1, 0.15) is 29.3 Å². The Hall–Kier alpha value is -3.19. The summed E-state index contributed by atoms with van der Waals surface area (Å²) in [6.07, 6.45) is 2.60. The van der Waals surface area contributed by atoms with E-state index >= 15 is 0 Å². The van der Waals surface area contributed by atoms with E-state index in [1.54, 1.807) is 36.5 Å². The fraction of sp³-hybridized carbons (Fsp3) is 0.150. The van der Waals surface area contributed by atoms with Crippen molar-refractivity contribution in [2.24, 2.45) is 0 Å². The van der Waals surface area contributed by atoms with Gasteiger partial charge in [0, 0.05) is 18.3 Å². The number of hydrogen-bond acceptors (Lipinski definition) is 5. The Kier molecular flexibility index (Phi) is 4.37. The zero-order valence-electron chi connectivity index (χ0n) is 14.6. The van der Waals surface area contributed by atoms with E-state index in [1.165, 1.54) is 17.4 Å². The number of aromatic hydroxyl groups is 1. The molecular weight excluding hydrogens is 362 g/mol. The summed E-state index contributed by atoms with van der Waals surface area (Å²) in [7, 11) is 0. The summed E-state index contributed by atoms with van der Waals surface area (Å²) in [6, 6.07) is 9.97. The van der Waals surface area contributed by atoms with Gasteiger partial charge in [-0.1, -0.05) is 19.1 Å². The summed E-state index contributed by atoms with van der Waals surface area (Å²) in [5.74, 6) is 0.0948. The van der Waals surface area contributed by atoms with Crippen molar-refractivity contribution in [1.29, 1.82) is 0 Å². The minimum atomic E-state index is -0.275. The molecule has 27 heavy (non-hydrogen) atoms. The number of carbonyl (C=O) groups is 1. The summed E-state index contributed by atoms with van der Waals surface area (Å²) >= 11 is 1.35. The minimum absolute atomic E-state index is 0.0569. The van der Waals surface area contributed by atoms with Gasteiger partial charge in [0.15, 0.2) is 11.6 Å². The molecule has 0 spiro atoms. The Morgan fingerprint density at radius 2 is 2.11 bits per heavy atom. The molecular formula is C20H17N3O3S. The molecule has 0 unspecified atom stereocenters. The molecule has 1 aromatic carbocycles. The predicted octanol–water partition coefficient (Wildman–Crippen LogP) is 3.80. The van der Waals surface area contributed by atoms with Gasteiger partial charge in [0.25, 0.3) is 5.56 Å². The topological polar surface area (TPSA) is 88.0 Å². The fourth-order valence-electron chi connectivity index (χ4n) is 3.07. The molecule has 0 amide bonds. The van der Waals surface area contributed by atoms with Crippen molar-refractivity contribution in [1.82, 2.24) is 14.5 Å². The van der Waals surface area contributed by atoms with Crippen molar-refractivity contribution in [2.75, 3.05) is 0 Å². The largest absolute Gasteiger partial charge is 0.507 e. The predicted molar refractivity (Wildman–Crippen MR) is 105 cm³/mol. The number of rotatable bonds is 5. The third kappa shape index (κ3) is 3.06. The number of ketones is 1. The van der Waals surface area contributed by atoms with E-state index < -0.39 is 0 Å². The average molecular weight is 379 g/mol. The monoisotopic (exact) mass is 379 g/mol. The van der Waals surface area contributed by atoms with E-state index in [0.29, 0.717) is 33.8 Å². The number of aromatic amines is 1. The smallest absolute Gasteiger partial charge is 0.269 e. The molecule has 6 nitrogen and oxygen atoms in total. The second-order valence-corrected chi connectivity index (χ2v) is 7.12. The third-order valence-electron chi connectivity index (χ3n) is 4.33. The molecule has 4 aromatic rings. The first kappa shape index (κ1) is 17.2. The van der Waals surface area contributed by atoms with Crippen LogP contribution < -0.4 is 5.56 Å². The molecule has 0 aliphatic carbocycles. The normalized spacial score (nSPS) is 11.1.